The van der Waals surface area contributed by atoms with Crippen molar-refractivity contribution in [1.29, 1.82) is 0 Å². The van der Waals surface area contributed by atoms with Crippen LogP contribution in [0.2, 0.25) is 0 Å². The minimum atomic E-state index is 0.322. The van der Waals surface area contributed by atoms with Gasteiger partial charge in [0.15, 0.2) is 0 Å². The molecule has 0 bridgehead atoms. The molecule has 0 radical (unpaired) electrons. The van der Waals surface area contributed by atoms with Crippen LogP contribution in [0.4, 0.5) is 0 Å². The average molecular weight is 258 g/mol. The summed E-state index contributed by atoms with van der Waals surface area (Å²) < 4.78 is 5.67. The molecule has 2 N–H and O–H groups in total. The van der Waals surface area contributed by atoms with Gasteiger partial charge in [0.2, 0.25) is 0 Å². The molecule has 1 aromatic rings. The summed E-state index contributed by atoms with van der Waals surface area (Å²) in [6.45, 7) is 6.49. The number of rotatable bonds is 2. The highest BCUT2D eigenvalue weighted by Gasteiger charge is 2.14. The molecule has 102 valence electrons. The van der Waals surface area contributed by atoms with Gasteiger partial charge in [0, 0.05) is 31.8 Å². The van der Waals surface area contributed by atoms with E-state index in [0.29, 0.717) is 12.6 Å². The Morgan fingerprint density at radius 2 is 2.37 bits per heavy atom. The van der Waals surface area contributed by atoms with E-state index in [4.69, 9.17) is 10.5 Å². The summed E-state index contributed by atoms with van der Waals surface area (Å²) in [6.07, 6.45) is 1.43. The number of nitrogens with zero attached hydrogens (tertiary/aromatic N) is 1. The zero-order chi connectivity index (χ0) is 13.5. The topological polar surface area (TPSA) is 38.5 Å². The van der Waals surface area contributed by atoms with Crippen molar-refractivity contribution < 1.29 is 4.74 Å². The molecule has 1 aliphatic heterocycles. The van der Waals surface area contributed by atoms with E-state index in [1.165, 1.54) is 5.56 Å². The van der Waals surface area contributed by atoms with E-state index in [-0.39, 0.29) is 0 Å². The molecule has 3 heteroatoms. The second-order valence-electron chi connectivity index (χ2n) is 4.98. The first-order valence-electron chi connectivity index (χ1n) is 6.90. The third kappa shape index (κ3) is 4.68. The van der Waals surface area contributed by atoms with Crippen molar-refractivity contribution in [3.05, 3.63) is 35.4 Å². The predicted octanol–water partition coefficient (Wildman–Crippen LogP) is 1.61. The molecule has 1 aliphatic rings. The number of ether oxygens (including phenoxy) is 1. The summed E-state index contributed by atoms with van der Waals surface area (Å²) in [4.78, 5) is 2.45. The minimum Gasteiger partial charge on any atom is -0.377 e. The van der Waals surface area contributed by atoms with Crippen molar-refractivity contribution >= 4 is 0 Å². The zero-order valence-corrected chi connectivity index (χ0v) is 11.6. The van der Waals surface area contributed by atoms with E-state index in [1.54, 1.807) is 0 Å². The van der Waals surface area contributed by atoms with Gasteiger partial charge in [-0.3, -0.25) is 4.90 Å². The van der Waals surface area contributed by atoms with Crippen LogP contribution in [0.5, 0.6) is 0 Å². The molecule has 1 heterocycles. The third-order valence-corrected chi connectivity index (χ3v) is 3.20. The van der Waals surface area contributed by atoms with E-state index in [1.807, 2.05) is 6.07 Å². The Balaban J connectivity index is 2.01. The van der Waals surface area contributed by atoms with E-state index >= 15 is 0 Å². The fourth-order valence-electron chi connectivity index (χ4n) is 2.38. The molecule has 1 fully saturated rings. The van der Waals surface area contributed by atoms with Gasteiger partial charge in [-0.2, -0.15) is 0 Å². The van der Waals surface area contributed by atoms with Gasteiger partial charge in [-0.15, -0.1) is 0 Å². The molecule has 0 aliphatic carbocycles. The molecule has 1 saturated heterocycles. The lowest BCUT2D eigenvalue weighted by Gasteiger charge is -2.21. The van der Waals surface area contributed by atoms with Gasteiger partial charge in [0.05, 0.1) is 12.6 Å². The maximum atomic E-state index is 5.67. The van der Waals surface area contributed by atoms with Crippen LogP contribution < -0.4 is 5.73 Å². The Hall–Kier alpha value is -1.34. The van der Waals surface area contributed by atoms with Gasteiger partial charge in [-0.05, 0) is 31.0 Å². The Morgan fingerprint density at radius 3 is 3.21 bits per heavy atom. The zero-order valence-electron chi connectivity index (χ0n) is 11.6. The Bertz CT molecular complexity index is 461. The SMILES string of the molecule is CC1CN(Cc2cccc(C#CCN)c2)CCCO1. The summed E-state index contributed by atoms with van der Waals surface area (Å²) in [6, 6.07) is 8.40. The predicted molar refractivity (Wildman–Crippen MR) is 77.7 cm³/mol. The van der Waals surface area contributed by atoms with E-state index < -0.39 is 0 Å². The molecule has 3 nitrogen and oxygen atoms in total. The molecule has 0 spiro atoms. The molecular weight excluding hydrogens is 236 g/mol. The van der Waals surface area contributed by atoms with Crippen molar-refractivity contribution in [3.8, 4) is 11.8 Å². The van der Waals surface area contributed by atoms with Crippen molar-refractivity contribution in [3.63, 3.8) is 0 Å². The van der Waals surface area contributed by atoms with Gasteiger partial charge in [0.25, 0.3) is 0 Å². The van der Waals surface area contributed by atoms with Crippen LogP contribution >= 0.6 is 0 Å². The van der Waals surface area contributed by atoms with Crippen LogP contribution in [0.15, 0.2) is 24.3 Å². The summed E-state index contributed by atoms with van der Waals surface area (Å²) in [5.74, 6) is 5.98. The number of hydrogen-bond donors (Lipinski definition) is 1. The lowest BCUT2D eigenvalue weighted by atomic mass is 10.1. The first-order chi connectivity index (χ1) is 9.28. The molecule has 19 heavy (non-hydrogen) atoms. The summed E-state index contributed by atoms with van der Waals surface area (Å²) in [5, 5.41) is 0. The first-order valence-corrected chi connectivity index (χ1v) is 6.90. The molecular formula is C16H22N2O. The summed E-state index contributed by atoms with van der Waals surface area (Å²) in [7, 11) is 0. The monoisotopic (exact) mass is 258 g/mol. The highest BCUT2D eigenvalue weighted by Crippen LogP contribution is 2.12. The maximum absolute atomic E-state index is 5.67. The molecule has 1 aromatic carbocycles. The smallest absolute Gasteiger partial charge is 0.0674 e. The van der Waals surface area contributed by atoms with Crippen LogP contribution in [0, 0.1) is 11.8 Å². The standard InChI is InChI=1S/C16H22N2O/c1-14-12-18(9-4-10-19-14)13-16-6-2-5-15(11-16)7-3-8-17/h2,5-6,11,14H,4,8-10,12-13,17H2,1H3. The van der Waals surface area contributed by atoms with Gasteiger partial charge in [-0.25, -0.2) is 0 Å². The fourth-order valence-corrected chi connectivity index (χ4v) is 2.38. The Kier molecular flexibility index (Phi) is 5.41. The molecule has 0 saturated carbocycles. The molecule has 0 amide bonds. The second kappa shape index (κ2) is 7.30. The highest BCUT2D eigenvalue weighted by atomic mass is 16.5. The van der Waals surface area contributed by atoms with Gasteiger partial charge in [0.1, 0.15) is 0 Å². The van der Waals surface area contributed by atoms with Gasteiger partial charge in [-0.1, -0.05) is 24.0 Å². The second-order valence-corrected chi connectivity index (χ2v) is 4.98. The lowest BCUT2D eigenvalue weighted by molar-refractivity contribution is 0.0668. The Morgan fingerprint density at radius 1 is 1.47 bits per heavy atom. The van der Waals surface area contributed by atoms with Crippen molar-refractivity contribution in [1.82, 2.24) is 4.90 Å². The summed E-state index contributed by atoms with van der Waals surface area (Å²) in [5.41, 5.74) is 7.75. The van der Waals surface area contributed by atoms with Crippen molar-refractivity contribution in [2.45, 2.75) is 26.0 Å². The van der Waals surface area contributed by atoms with Gasteiger partial charge < -0.3 is 10.5 Å². The van der Waals surface area contributed by atoms with Crippen LogP contribution in [0.1, 0.15) is 24.5 Å². The number of hydrogen-bond acceptors (Lipinski definition) is 3. The average Bonchev–Trinajstić information content (AvgIpc) is 2.61. The minimum absolute atomic E-state index is 0.322. The lowest BCUT2D eigenvalue weighted by Crippen LogP contribution is -2.29. The molecule has 0 aromatic heterocycles. The van der Waals surface area contributed by atoms with Crippen LogP contribution in [0.3, 0.4) is 0 Å². The van der Waals surface area contributed by atoms with Crippen molar-refractivity contribution in [2.75, 3.05) is 26.2 Å². The largest absolute Gasteiger partial charge is 0.377 e. The highest BCUT2D eigenvalue weighted by molar-refractivity contribution is 5.37. The number of nitrogens with two attached hydrogens (primary N) is 1. The van der Waals surface area contributed by atoms with E-state index in [0.717, 1.165) is 38.2 Å². The Labute approximate surface area is 115 Å². The van der Waals surface area contributed by atoms with Crippen LogP contribution in [-0.4, -0.2) is 37.2 Å². The normalized spacial score (nSPS) is 20.4. The maximum Gasteiger partial charge on any atom is 0.0674 e. The number of benzene rings is 1. The summed E-state index contributed by atoms with van der Waals surface area (Å²) >= 11 is 0. The van der Waals surface area contributed by atoms with Crippen LogP contribution in [0.25, 0.3) is 0 Å². The first kappa shape index (κ1) is 14.1. The van der Waals surface area contributed by atoms with E-state index in [2.05, 4.69) is 41.9 Å². The fraction of sp³-hybridized carbons (Fsp3) is 0.500. The molecule has 1 unspecified atom stereocenters. The third-order valence-electron chi connectivity index (χ3n) is 3.20. The molecule has 2 rings (SSSR count). The molecule has 1 atom stereocenters. The van der Waals surface area contributed by atoms with E-state index in [9.17, 15) is 0 Å². The van der Waals surface area contributed by atoms with Crippen molar-refractivity contribution in [2.24, 2.45) is 5.73 Å². The van der Waals surface area contributed by atoms with Gasteiger partial charge >= 0.3 is 0 Å². The van der Waals surface area contributed by atoms with Crippen LogP contribution in [-0.2, 0) is 11.3 Å². The quantitative estimate of drug-likeness (QED) is 0.819.